The Labute approximate surface area is 105 Å². The number of hydrogen-bond acceptors (Lipinski definition) is 6. The average molecular weight is 256 g/mol. The van der Waals surface area contributed by atoms with Gasteiger partial charge in [-0.1, -0.05) is 0 Å². The van der Waals surface area contributed by atoms with E-state index in [-0.39, 0.29) is 48.6 Å². The van der Waals surface area contributed by atoms with E-state index in [4.69, 9.17) is 18.9 Å². The van der Waals surface area contributed by atoms with Crippen LogP contribution >= 0.6 is 0 Å². The van der Waals surface area contributed by atoms with Crippen LogP contribution in [-0.4, -0.2) is 48.6 Å². The van der Waals surface area contributed by atoms with E-state index in [1.165, 1.54) is 13.8 Å². The Morgan fingerprint density at radius 2 is 1.17 bits per heavy atom. The van der Waals surface area contributed by atoms with Crippen LogP contribution in [0.3, 0.4) is 0 Å². The highest BCUT2D eigenvalue weighted by molar-refractivity contribution is 5.66. The first-order valence-electron chi connectivity index (χ1n) is 6.20. The fourth-order valence-electron chi connectivity index (χ4n) is 3.14. The van der Waals surface area contributed by atoms with Crippen LogP contribution in [0.1, 0.15) is 26.7 Å². The molecule has 4 atom stereocenters. The highest BCUT2D eigenvalue weighted by Crippen LogP contribution is 2.43. The fraction of sp³-hybridized carbons (Fsp3) is 0.833. The maximum atomic E-state index is 11.0. The summed E-state index contributed by atoms with van der Waals surface area (Å²) in [7, 11) is 0. The van der Waals surface area contributed by atoms with E-state index in [1.807, 2.05) is 0 Å². The van der Waals surface area contributed by atoms with Crippen molar-refractivity contribution in [3.05, 3.63) is 0 Å². The van der Waals surface area contributed by atoms with Crippen molar-refractivity contribution >= 4 is 11.9 Å². The molecule has 4 rings (SSSR count). The molecule has 18 heavy (non-hydrogen) atoms. The van der Waals surface area contributed by atoms with Gasteiger partial charge in [-0.3, -0.25) is 9.59 Å². The van der Waals surface area contributed by atoms with Crippen molar-refractivity contribution in [3.63, 3.8) is 0 Å². The largest absolute Gasteiger partial charge is 0.457 e. The number of ether oxygens (including phenoxy) is 4. The lowest BCUT2D eigenvalue weighted by atomic mass is 9.80. The number of carbonyl (C=O) groups is 2. The SMILES string of the molecule is CC(=O)OC1C2CC3OC1CC(O2)C3OC(C)=O. The third-order valence-electron chi connectivity index (χ3n) is 3.70. The molecule has 100 valence electrons. The third kappa shape index (κ3) is 1.89. The molecule has 4 heterocycles. The van der Waals surface area contributed by atoms with Gasteiger partial charge in [0.1, 0.15) is 24.4 Å². The molecule has 4 saturated heterocycles. The summed E-state index contributed by atoms with van der Waals surface area (Å²) in [5, 5.41) is 0. The van der Waals surface area contributed by atoms with Crippen molar-refractivity contribution in [3.8, 4) is 0 Å². The summed E-state index contributed by atoms with van der Waals surface area (Å²) in [4.78, 5) is 22.1. The van der Waals surface area contributed by atoms with Gasteiger partial charge in [0.05, 0.1) is 0 Å². The van der Waals surface area contributed by atoms with Crippen molar-refractivity contribution in [1.29, 1.82) is 0 Å². The second-order valence-corrected chi connectivity index (χ2v) is 5.05. The third-order valence-corrected chi connectivity index (χ3v) is 3.70. The Hall–Kier alpha value is -1.14. The second kappa shape index (κ2) is 4.20. The number of hydrogen-bond donors (Lipinski definition) is 0. The van der Waals surface area contributed by atoms with Gasteiger partial charge in [0.2, 0.25) is 0 Å². The Kier molecular flexibility index (Phi) is 2.79. The summed E-state index contributed by atoms with van der Waals surface area (Å²) in [6.45, 7) is 2.76. The van der Waals surface area contributed by atoms with Crippen LogP contribution in [0, 0.1) is 0 Å². The van der Waals surface area contributed by atoms with Crippen molar-refractivity contribution in [2.75, 3.05) is 0 Å². The second-order valence-electron chi connectivity index (χ2n) is 5.05. The molecule has 0 amide bonds. The number of esters is 2. The van der Waals surface area contributed by atoms with Gasteiger partial charge in [0.15, 0.2) is 12.2 Å². The Bertz CT molecular complexity index is 317. The van der Waals surface area contributed by atoms with Crippen molar-refractivity contribution in [2.24, 2.45) is 0 Å². The summed E-state index contributed by atoms with van der Waals surface area (Å²) in [6.07, 6.45) is 0.00517. The van der Waals surface area contributed by atoms with Gasteiger partial charge in [-0.25, -0.2) is 0 Å². The van der Waals surface area contributed by atoms with Gasteiger partial charge in [0.25, 0.3) is 0 Å². The minimum absolute atomic E-state index is 0.136. The van der Waals surface area contributed by atoms with E-state index in [0.29, 0.717) is 12.8 Å². The summed E-state index contributed by atoms with van der Waals surface area (Å²) >= 11 is 0. The topological polar surface area (TPSA) is 71.1 Å². The molecule has 4 bridgehead atoms. The zero-order valence-corrected chi connectivity index (χ0v) is 10.3. The van der Waals surface area contributed by atoms with Crippen LogP contribution in [0.5, 0.6) is 0 Å². The standard InChI is InChI=1S/C12H16O6/c1-5(13)15-11-7-3-9-12(16-6(2)14)10(17-7)4-8(11)18-9/h7-12H,3-4H2,1-2H3. The van der Waals surface area contributed by atoms with E-state index in [1.54, 1.807) is 0 Å². The highest BCUT2D eigenvalue weighted by atomic mass is 16.6. The van der Waals surface area contributed by atoms with E-state index < -0.39 is 0 Å². The molecule has 0 aliphatic carbocycles. The molecule has 0 aromatic rings. The number of rotatable bonds is 2. The van der Waals surface area contributed by atoms with Crippen molar-refractivity contribution < 1.29 is 28.5 Å². The van der Waals surface area contributed by atoms with Gasteiger partial charge in [-0.2, -0.15) is 0 Å². The number of carbonyl (C=O) groups excluding carboxylic acids is 2. The zero-order valence-electron chi connectivity index (χ0n) is 10.3. The lowest BCUT2D eigenvalue weighted by Crippen LogP contribution is -2.68. The van der Waals surface area contributed by atoms with Gasteiger partial charge in [0, 0.05) is 26.7 Å². The van der Waals surface area contributed by atoms with E-state index in [2.05, 4.69) is 0 Å². The van der Waals surface area contributed by atoms with Crippen LogP contribution in [0.2, 0.25) is 0 Å². The Morgan fingerprint density at radius 3 is 1.44 bits per heavy atom. The molecule has 0 aromatic carbocycles. The van der Waals surface area contributed by atoms with Crippen LogP contribution in [-0.2, 0) is 28.5 Å². The first-order valence-corrected chi connectivity index (χ1v) is 6.20. The quantitative estimate of drug-likeness (QED) is 0.656. The Morgan fingerprint density at radius 1 is 0.833 bits per heavy atom. The molecule has 4 unspecified atom stereocenters. The van der Waals surface area contributed by atoms with Crippen LogP contribution < -0.4 is 0 Å². The minimum atomic E-state index is -0.326. The van der Waals surface area contributed by atoms with Crippen molar-refractivity contribution in [2.45, 2.75) is 63.3 Å². The van der Waals surface area contributed by atoms with Crippen molar-refractivity contribution in [1.82, 2.24) is 0 Å². The molecule has 6 nitrogen and oxygen atoms in total. The summed E-state index contributed by atoms with van der Waals surface area (Å²) in [5.74, 6) is -0.646. The molecule has 0 aromatic heterocycles. The average Bonchev–Trinajstić information content (AvgIpc) is 2.24. The summed E-state index contributed by atoms with van der Waals surface area (Å²) in [5.41, 5.74) is 0. The summed E-state index contributed by atoms with van der Waals surface area (Å²) in [6, 6.07) is 0. The molecule has 4 fully saturated rings. The predicted molar refractivity (Wildman–Crippen MR) is 57.7 cm³/mol. The normalized spacial score (nSPS) is 44.8. The minimum Gasteiger partial charge on any atom is -0.457 e. The van der Waals surface area contributed by atoms with Crippen LogP contribution in [0.25, 0.3) is 0 Å². The van der Waals surface area contributed by atoms with E-state index in [9.17, 15) is 9.59 Å². The van der Waals surface area contributed by atoms with Gasteiger partial charge < -0.3 is 18.9 Å². The molecule has 0 N–H and O–H groups in total. The lowest BCUT2D eigenvalue weighted by Gasteiger charge is -2.55. The molecule has 0 radical (unpaired) electrons. The zero-order chi connectivity index (χ0) is 12.9. The van der Waals surface area contributed by atoms with E-state index >= 15 is 0 Å². The maximum Gasteiger partial charge on any atom is 0.303 e. The van der Waals surface area contributed by atoms with Gasteiger partial charge in [-0.15, -0.1) is 0 Å². The van der Waals surface area contributed by atoms with Crippen LogP contribution in [0.4, 0.5) is 0 Å². The highest BCUT2D eigenvalue weighted by Gasteiger charge is 2.57. The predicted octanol–water partition coefficient (Wildman–Crippen LogP) is 0.178. The molecule has 6 heteroatoms. The molecule has 4 aliphatic rings. The first kappa shape index (κ1) is 11.9. The smallest absolute Gasteiger partial charge is 0.303 e. The molecule has 4 aliphatic heterocycles. The van der Waals surface area contributed by atoms with E-state index in [0.717, 1.165) is 0 Å². The lowest BCUT2D eigenvalue weighted by molar-refractivity contribution is -0.322. The molecular weight excluding hydrogens is 240 g/mol. The van der Waals surface area contributed by atoms with Gasteiger partial charge in [-0.05, 0) is 0 Å². The monoisotopic (exact) mass is 256 g/mol. The van der Waals surface area contributed by atoms with Crippen LogP contribution in [0.15, 0.2) is 0 Å². The molecule has 0 saturated carbocycles. The molecular formula is C12H16O6. The fourth-order valence-corrected chi connectivity index (χ4v) is 3.14. The van der Waals surface area contributed by atoms with Gasteiger partial charge >= 0.3 is 11.9 Å². The molecule has 0 spiro atoms. The first-order chi connectivity index (χ1) is 8.54. The Balaban J connectivity index is 1.72. The maximum absolute atomic E-state index is 11.0. The summed E-state index contributed by atoms with van der Waals surface area (Å²) < 4.78 is 22.1.